The molecule has 100 valence electrons. The fourth-order valence-corrected chi connectivity index (χ4v) is 3.69. The third-order valence-corrected chi connectivity index (χ3v) is 5.29. The highest BCUT2D eigenvalue weighted by molar-refractivity contribution is 9.10. The summed E-state index contributed by atoms with van der Waals surface area (Å²) in [5, 5.41) is 10.1. The number of aliphatic hydroxyl groups is 1. The van der Waals surface area contributed by atoms with Crippen LogP contribution in [0.25, 0.3) is 0 Å². The summed E-state index contributed by atoms with van der Waals surface area (Å²) in [6.45, 7) is 0. The van der Waals surface area contributed by atoms with Gasteiger partial charge in [-0.25, -0.2) is 0 Å². The first kappa shape index (κ1) is 15.1. The van der Waals surface area contributed by atoms with E-state index in [-0.39, 0.29) is 6.10 Å². The Hall–Kier alpha value is -0.290. The van der Waals surface area contributed by atoms with Gasteiger partial charge in [0.05, 0.1) is 6.10 Å². The molecule has 1 N–H and O–H groups in total. The quantitative estimate of drug-likeness (QED) is 0.718. The molecule has 2 rings (SSSR count). The van der Waals surface area contributed by atoms with Crippen LogP contribution in [0.3, 0.4) is 0 Å². The number of hydrogen-bond donors (Lipinski definition) is 1. The molecule has 0 heterocycles. The van der Waals surface area contributed by atoms with Crippen molar-refractivity contribution in [2.45, 2.75) is 17.4 Å². The molecule has 1 atom stereocenters. The molecule has 0 amide bonds. The maximum atomic E-state index is 10.1. The van der Waals surface area contributed by atoms with Crippen molar-refractivity contribution in [1.82, 2.24) is 0 Å². The number of benzene rings is 2. The minimum Gasteiger partial charge on any atom is -0.392 e. The van der Waals surface area contributed by atoms with Crippen LogP contribution in [-0.2, 0) is 6.42 Å². The molecule has 0 bridgehead atoms. The van der Waals surface area contributed by atoms with E-state index in [9.17, 15) is 5.11 Å². The standard InChI is InChI=1S/C15H14Br2OS/c16-12-5-3-4-11(8-12)9-13(18)10-19-15-7-2-1-6-14(15)17/h1-8,13,18H,9-10H2. The molecule has 0 spiro atoms. The van der Waals surface area contributed by atoms with Gasteiger partial charge in [0.15, 0.2) is 0 Å². The van der Waals surface area contributed by atoms with Crippen molar-refractivity contribution < 1.29 is 5.11 Å². The average molecular weight is 402 g/mol. The van der Waals surface area contributed by atoms with Crippen molar-refractivity contribution in [1.29, 1.82) is 0 Å². The summed E-state index contributed by atoms with van der Waals surface area (Å²) in [4.78, 5) is 1.16. The van der Waals surface area contributed by atoms with Crippen LogP contribution in [0, 0.1) is 0 Å². The Labute approximate surface area is 134 Å². The number of aliphatic hydroxyl groups excluding tert-OH is 1. The van der Waals surface area contributed by atoms with Crippen LogP contribution in [0.15, 0.2) is 62.4 Å². The first-order valence-electron chi connectivity index (χ1n) is 5.95. The lowest BCUT2D eigenvalue weighted by molar-refractivity contribution is 0.200. The average Bonchev–Trinajstić information content (AvgIpc) is 2.38. The maximum Gasteiger partial charge on any atom is 0.0674 e. The third kappa shape index (κ3) is 4.95. The summed E-state index contributed by atoms with van der Waals surface area (Å²) in [6, 6.07) is 16.1. The van der Waals surface area contributed by atoms with Gasteiger partial charge in [0.1, 0.15) is 0 Å². The van der Waals surface area contributed by atoms with Crippen LogP contribution in [0.4, 0.5) is 0 Å². The molecule has 0 aliphatic heterocycles. The summed E-state index contributed by atoms with van der Waals surface area (Å²) in [7, 11) is 0. The lowest BCUT2D eigenvalue weighted by Gasteiger charge is -2.11. The third-order valence-electron chi connectivity index (χ3n) is 2.63. The van der Waals surface area contributed by atoms with Crippen molar-refractivity contribution in [2.24, 2.45) is 0 Å². The van der Waals surface area contributed by atoms with Gasteiger partial charge in [0, 0.05) is 19.6 Å². The highest BCUT2D eigenvalue weighted by atomic mass is 79.9. The first-order valence-corrected chi connectivity index (χ1v) is 8.52. The van der Waals surface area contributed by atoms with Crippen molar-refractivity contribution >= 4 is 43.6 Å². The number of thioether (sulfide) groups is 1. The van der Waals surface area contributed by atoms with Crippen LogP contribution in [-0.4, -0.2) is 17.0 Å². The largest absolute Gasteiger partial charge is 0.392 e. The predicted molar refractivity (Wildman–Crippen MR) is 88.7 cm³/mol. The second kappa shape index (κ2) is 7.48. The Bertz CT molecular complexity index is 545. The summed E-state index contributed by atoms with van der Waals surface area (Å²) in [6.07, 6.45) is 0.336. The van der Waals surface area contributed by atoms with Gasteiger partial charge in [-0.05, 0) is 52.2 Å². The summed E-state index contributed by atoms with van der Waals surface area (Å²) < 4.78 is 2.13. The highest BCUT2D eigenvalue weighted by Crippen LogP contribution is 2.28. The van der Waals surface area contributed by atoms with Crippen LogP contribution in [0.2, 0.25) is 0 Å². The van der Waals surface area contributed by atoms with Crippen molar-refractivity contribution in [3.63, 3.8) is 0 Å². The molecular weight excluding hydrogens is 388 g/mol. The van der Waals surface area contributed by atoms with E-state index in [0.717, 1.165) is 19.4 Å². The van der Waals surface area contributed by atoms with Gasteiger partial charge >= 0.3 is 0 Å². The monoisotopic (exact) mass is 400 g/mol. The van der Waals surface area contributed by atoms with E-state index in [1.165, 1.54) is 0 Å². The molecule has 0 fully saturated rings. The van der Waals surface area contributed by atoms with E-state index >= 15 is 0 Å². The van der Waals surface area contributed by atoms with E-state index in [0.29, 0.717) is 12.2 Å². The molecule has 0 aliphatic rings. The normalized spacial score (nSPS) is 12.4. The van der Waals surface area contributed by atoms with Crippen molar-refractivity contribution in [3.05, 3.63) is 63.0 Å². The fraction of sp³-hybridized carbons (Fsp3) is 0.200. The topological polar surface area (TPSA) is 20.2 Å². The van der Waals surface area contributed by atoms with E-state index < -0.39 is 0 Å². The smallest absolute Gasteiger partial charge is 0.0674 e. The number of rotatable bonds is 5. The Morgan fingerprint density at radius 3 is 2.58 bits per heavy atom. The lowest BCUT2D eigenvalue weighted by atomic mass is 10.1. The molecule has 0 aromatic heterocycles. The molecule has 4 heteroatoms. The van der Waals surface area contributed by atoms with E-state index in [1.807, 2.05) is 42.5 Å². The molecule has 2 aromatic rings. The molecule has 0 saturated heterocycles. The Kier molecular flexibility index (Phi) is 5.95. The molecule has 0 radical (unpaired) electrons. The Morgan fingerprint density at radius 1 is 1.05 bits per heavy atom. The molecule has 0 saturated carbocycles. The fourth-order valence-electron chi connectivity index (χ4n) is 1.74. The summed E-state index contributed by atoms with van der Waals surface area (Å²) in [5.74, 6) is 0.690. The van der Waals surface area contributed by atoms with Crippen molar-refractivity contribution in [2.75, 3.05) is 5.75 Å². The van der Waals surface area contributed by atoms with E-state index in [4.69, 9.17) is 0 Å². The number of hydrogen-bond acceptors (Lipinski definition) is 2. The van der Waals surface area contributed by atoms with Crippen LogP contribution >= 0.6 is 43.6 Å². The van der Waals surface area contributed by atoms with Gasteiger partial charge in [-0.15, -0.1) is 11.8 Å². The van der Waals surface area contributed by atoms with Crippen LogP contribution in [0.1, 0.15) is 5.56 Å². The second-order valence-corrected chi connectivity index (χ2v) is 7.06. The molecular formula is C15H14Br2OS. The lowest BCUT2D eigenvalue weighted by Crippen LogP contribution is -2.13. The second-order valence-electron chi connectivity index (χ2n) is 4.23. The minimum absolute atomic E-state index is 0.341. The van der Waals surface area contributed by atoms with Gasteiger partial charge in [-0.2, -0.15) is 0 Å². The molecule has 1 nitrogen and oxygen atoms in total. The Balaban J connectivity index is 1.88. The zero-order valence-electron chi connectivity index (χ0n) is 10.2. The zero-order valence-corrected chi connectivity index (χ0v) is 14.2. The van der Waals surface area contributed by atoms with Crippen LogP contribution in [0.5, 0.6) is 0 Å². The van der Waals surface area contributed by atoms with Gasteiger partial charge in [0.25, 0.3) is 0 Å². The Morgan fingerprint density at radius 2 is 1.84 bits per heavy atom. The number of halogens is 2. The van der Waals surface area contributed by atoms with E-state index in [1.54, 1.807) is 11.8 Å². The first-order chi connectivity index (χ1) is 9.15. The minimum atomic E-state index is -0.341. The van der Waals surface area contributed by atoms with Gasteiger partial charge in [0.2, 0.25) is 0 Å². The van der Waals surface area contributed by atoms with Crippen LogP contribution < -0.4 is 0 Å². The van der Waals surface area contributed by atoms with Gasteiger partial charge < -0.3 is 5.11 Å². The molecule has 19 heavy (non-hydrogen) atoms. The molecule has 2 aromatic carbocycles. The molecule has 1 unspecified atom stereocenters. The van der Waals surface area contributed by atoms with Gasteiger partial charge in [-0.3, -0.25) is 0 Å². The summed E-state index contributed by atoms with van der Waals surface area (Å²) in [5.41, 5.74) is 1.15. The van der Waals surface area contributed by atoms with Crippen molar-refractivity contribution in [3.8, 4) is 0 Å². The maximum absolute atomic E-state index is 10.1. The highest BCUT2D eigenvalue weighted by Gasteiger charge is 2.08. The zero-order chi connectivity index (χ0) is 13.7. The van der Waals surface area contributed by atoms with E-state index in [2.05, 4.69) is 37.9 Å². The SMILES string of the molecule is OC(CSc1ccccc1Br)Cc1cccc(Br)c1. The molecule has 0 aliphatic carbocycles. The van der Waals surface area contributed by atoms with Gasteiger partial charge in [-0.1, -0.05) is 40.2 Å². The predicted octanol–water partition coefficient (Wildman–Crippen LogP) is 4.91. The summed E-state index contributed by atoms with van der Waals surface area (Å²) >= 11 is 8.63.